The Balaban J connectivity index is 2.29. The molecule has 0 atom stereocenters. The van der Waals surface area contributed by atoms with Gasteiger partial charge in [-0.3, -0.25) is 4.79 Å². The summed E-state index contributed by atoms with van der Waals surface area (Å²) >= 11 is 0. The summed E-state index contributed by atoms with van der Waals surface area (Å²) in [6, 6.07) is 7.52. The normalized spacial score (nSPS) is 10.3. The standard InChI is InChI=1S/C13H14N2O2/c1-8-13(15-10(3)17-8)11-4-6-12(7-5-11)14-9(2)16/h4-7H,1-3H3,(H,14,16). The van der Waals surface area contributed by atoms with Crippen LogP contribution in [0.25, 0.3) is 11.3 Å². The summed E-state index contributed by atoms with van der Waals surface area (Å²) in [5.41, 5.74) is 2.60. The van der Waals surface area contributed by atoms with E-state index in [2.05, 4.69) is 10.3 Å². The monoisotopic (exact) mass is 230 g/mol. The van der Waals surface area contributed by atoms with E-state index in [1.807, 2.05) is 38.1 Å². The number of amides is 1. The van der Waals surface area contributed by atoms with Gasteiger partial charge < -0.3 is 9.73 Å². The Morgan fingerprint density at radius 1 is 1.24 bits per heavy atom. The number of benzene rings is 1. The summed E-state index contributed by atoms with van der Waals surface area (Å²) in [6.45, 7) is 5.19. The lowest BCUT2D eigenvalue weighted by atomic mass is 10.1. The van der Waals surface area contributed by atoms with Crippen molar-refractivity contribution in [1.82, 2.24) is 4.98 Å². The van der Waals surface area contributed by atoms with E-state index >= 15 is 0 Å². The Morgan fingerprint density at radius 3 is 2.35 bits per heavy atom. The van der Waals surface area contributed by atoms with Crippen LogP contribution in [0.5, 0.6) is 0 Å². The lowest BCUT2D eigenvalue weighted by Crippen LogP contribution is -2.05. The van der Waals surface area contributed by atoms with Crippen LogP contribution in [-0.2, 0) is 4.79 Å². The average molecular weight is 230 g/mol. The van der Waals surface area contributed by atoms with Crippen LogP contribution in [0.2, 0.25) is 0 Å². The second-order valence-corrected chi connectivity index (χ2v) is 3.90. The highest BCUT2D eigenvalue weighted by Crippen LogP contribution is 2.24. The first-order valence-electron chi connectivity index (χ1n) is 5.38. The van der Waals surface area contributed by atoms with Gasteiger partial charge in [-0.25, -0.2) is 4.98 Å². The van der Waals surface area contributed by atoms with E-state index in [0.29, 0.717) is 5.89 Å². The van der Waals surface area contributed by atoms with E-state index in [1.54, 1.807) is 0 Å². The number of anilines is 1. The largest absolute Gasteiger partial charge is 0.446 e. The topological polar surface area (TPSA) is 55.1 Å². The maximum Gasteiger partial charge on any atom is 0.221 e. The van der Waals surface area contributed by atoms with Crippen LogP contribution in [0.15, 0.2) is 28.7 Å². The second kappa shape index (κ2) is 4.41. The highest BCUT2D eigenvalue weighted by Gasteiger charge is 2.08. The van der Waals surface area contributed by atoms with E-state index in [4.69, 9.17) is 4.42 Å². The molecule has 4 heteroatoms. The van der Waals surface area contributed by atoms with Gasteiger partial charge >= 0.3 is 0 Å². The molecule has 0 bridgehead atoms. The van der Waals surface area contributed by atoms with E-state index in [0.717, 1.165) is 22.7 Å². The summed E-state index contributed by atoms with van der Waals surface area (Å²) in [6.07, 6.45) is 0. The molecule has 4 nitrogen and oxygen atoms in total. The Labute approximate surface area is 99.7 Å². The molecule has 88 valence electrons. The zero-order valence-electron chi connectivity index (χ0n) is 10.1. The molecular formula is C13H14N2O2. The van der Waals surface area contributed by atoms with Gasteiger partial charge in [0, 0.05) is 25.1 Å². The fourth-order valence-electron chi connectivity index (χ4n) is 1.71. The zero-order valence-corrected chi connectivity index (χ0v) is 10.1. The molecule has 0 saturated carbocycles. The number of aromatic nitrogens is 1. The van der Waals surface area contributed by atoms with Crippen LogP contribution in [-0.4, -0.2) is 10.9 Å². The first-order valence-corrected chi connectivity index (χ1v) is 5.38. The minimum absolute atomic E-state index is 0.0776. The van der Waals surface area contributed by atoms with Crippen molar-refractivity contribution in [2.24, 2.45) is 0 Å². The van der Waals surface area contributed by atoms with Crippen molar-refractivity contribution in [2.45, 2.75) is 20.8 Å². The van der Waals surface area contributed by atoms with Crippen LogP contribution in [0, 0.1) is 13.8 Å². The number of hydrogen-bond donors (Lipinski definition) is 1. The van der Waals surface area contributed by atoms with Crippen LogP contribution in [0.3, 0.4) is 0 Å². The number of rotatable bonds is 2. The van der Waals surface area contributed by atoms with E-state index in [-0.39, 0.29) is 5.91 Å². The molecule has 0 radical (unpaired) electrons. The van der Waals surface area contributed by atoms with Crippen molar-refractivity contribution in [3.8, 4) is 11.3 Å². The third-order valence-electron chi connectivity index (χ3n) is 2.38. The number of nitrogens with zero attached hydrogens (tertiary/aromatic N) is 1. The third kappa shape index (κ3) is 2.53. The molecule has 1 aromatic heterocycles. The van der Waals surface area contributed by atoms with E-state index in [9.17, 15) is 4.79 Å². The van der Waals surface area contributed by atoms with Gasteiger partial charge in [-0.05, 0) is 19.1 Å². The number of oxazole rings is 1. The van der Waals surface area contributed by atoms with Gasteiger partial charge in [-0.1, -0.05) is 12.1 Å². The summed E-state index contributed by atoms with van der Waals surface area (Å²) in [4.78, 5) is 15.2. The van der Waals surface area contributed by atoms with Gasteiger partial charge in [-0.15, -0.1) is 0 Å². The average Bonchev–Trinajstić information content (AvgIpc) is 2.58. The lowest BCUT2D eigenvalue weighted by molar-refractivity contribution is -0.114. The molecule has 0 aliphatic heterocycles. The van der Waals surface area contributed by atoms with E-state index < -0.39 is 0 Å². The second-order valence-electron chi connectivity index (χ2n) is 3.90. The van der Waals surface area contributed by atoms with Crippen molar-refractivity contribution in [3.63, 3.8) is 0 Å². The Hall–Kier alpha value is -2.10. The van der Waals surface area contributed by atoms with Gasteiger partial charge in [0.05, 0.1) is 0 Å². The van der Waals surface area contributed by atoms with Crippen molar-refractivity contribution in [3.05, 3.63) is 35.9 Å². The smallest absolute Gasteiger partial charge is 0.221 e. The summed E-state index contributed by atoms with van der Waals surface area (Å²) in [7, 11) is 0. The molecule has 0 aliphatic carbocycles. The van der Waals surface area contributed by atoms with Crippen LogP contribution >= 0.6 is 0 Å². The molecule has 1 heterocycles. The van der Waals surface area contributed by atoms with Gasteiger partial charge in [0.15, 0.2) is 5.89 Å². The van der Waals surface area contributed by atoms with E-state index in [1.165, 1.54) is 6.92 Å². The molecule has 0 unspecified atom stereocenters. The highest BCUT2D eigenvalue weighted by molar-refractivity contribution is 5.88. The number of carbonyl (C=O) groups excluding carboxylic acids is 1. The summed E-state index contributed by atoms with van der Waals surface area (Å²) in [5, 5.41) is 2.72. The van der Waals surface area contributed by atoms with Gasteiger partial charge in [-0.2, -0.15) is 0 Å². The first-order chi connectivity index (χ1) is 8.06. The molecule has 17 heavy (non-hydrogen) atoms. The molecule has 2 aromatic rings. The summed E-state index contributed by atoms with van der Waals surface area (Å²) < 4.78 is 5.38. The summed E-state index contributed by atoms with van der Waals surface area (Å²) in [5.74, 6) is 1.38. The number of aryl methyl sites for hydroxylation is 2. The van der Waals surface area contributed by atoms with Gasteiger partial charge in [0.25, 0.3) is 0 Å². The SMILES string of the molecule is CC(=O)Nc1ccc(-c2nc(C)oc2C)cc1. The van der Waals surface area contributed by atoms with Crippen molar-refractivity contribution in [2.75, 3.05) is 5.32 Å². The highest BCUT2D eigenvalue weighted by atomic mass is 16.4. The third-order valence-corrected chi connectivity index (χ3v) is 2.38. The Morgan fingerprint density at radius 2 is 1.88 bits per heavy atom. The molecule has 0 fully saturated rings. The quantitative estimate of drug-likeness (QED) is 0.863. The number of nitrogens with one attached hydrogen (secondary N) is 1. The number of hydrogen-bond acceptors (Lipinski definition) is 3. The zero-order chi connectivity index (χ0) is 12.4. The molecule has 2 rings (SSSR count). The Bertz CT molecular complexity index is 541. The van der Waals surface area contributed by atoms with Crippen molar-refractivity contribution in [1.29, 1.82) is 0 Å². The molecular weight excluding hydrogens is 216 g/mol. The van der Waals surface area contributed by atoms with Crippen molar-refractivity contribution >= 4 is 11.6 Å². The lowest BCUT2D eigenvalue weighted by Gasteiger charge is -2.02. The minimum Gasteiger partial charge on any atom is -0.446 e. The Kier molecular flexibility index (Phi) is 2.95. The molecule has 0 aliphatic rings. The molecule has 1 amide bonds. The molecule has 0 saturated heterocycles. The maximum atomic E-state index is 10.9. The van der Waals surface area contributed by atoms with Crippen LogP contribution in [0.1, 0.15) is 18.6 Å². The molecule has 0 spiro atoms. The van der Waals surface area contributed by atoms with Gasteiger partial charge in [0.1, 0.15) is 11.5 Å². The minimum atomic E-state index is -0.0776. The van der Waals surface area contributed by atoms with Crippen molar-refractivity contribution < 1.29 is 9.21 Å². The maximum absolute atomic E-state index is 10.9. The number of carbonyl (C=O) groups is 1. The fraction of sp³-hybridized carbons (Fsp3) is 0.231. The predicted octanol–water partition coefficient (Wildman–Crippen LogP) is 2.92. The molecule has 1 N–H and O–H groups in total. The predicted molar refractivity (Wildman–Crippen MR) is 65.7 cm³/mol. The molecule has 1 aromatic carbocycles. The van der Waals surface area contributed by atoms with Crippen LogP contribution < -0.4 is 5.32 Å². The van der Waals surface area contributed by atoms with Gasteiger partial charge in [0.2, 0.25) is 5.91 Å². The first kappa shape index (κ1) is 11.4. The fourth-order valence-corrected chi connectivity index (χ4v) is 1.71. The van der Waals surface area contributed by atoms with Crippen LogP contribution in [0.4, 0.5) is 5.69 Å².